The number of carbonyl (C=O) groups is 1. The van der Waals surface area contributed by atoms with Gasteiger partial charge in [0.1, 0.15) is 28.4 Å². The summed E-state index contributed by atoms with van der Waals surface area (Å²) < 4.78 is 12.9. The molecule has 9 nitrogen and oxygen atoms in total. The van der Waals surface area contributed by atoms with Crippen molar-refractivity contribution in [3.63, 3.8) is 0 Å². The number of benzene rings is 1. The maximum Gasteiger partial charge on any atom is 0.261 e. The molecule has 4 aromatic rings. The van der Waals surface area contributed by atoms with E-state index in [0.717, 1.165) is 36.6 Å². The van der Waals surface area contributed by atoms with Gasteiger partial charge >= 0.3 is 0 Å². The molecule has 5 rings (SSSR count). The van der Waals surface area contributed by atoms with Crippen LogP contribution in [0.5, 0.6) is 5.88 Å². The summed E-state index contributed by atoms with van der Waals surface area (Å²) in [5, 5.41) is 10.3. The molecule has 1 aromatic carbocycles. The second-order valence-electron chi connectivity index (χ2n) is 7.45. The van der Waals surface area contributed by atoms with Gasteiger partial charge in [0, 0.05) is 25.2 Å². The Balaban J connectivity index is 1.45. The molecule has 0 aliphatic carbocycles. The smallest absolute Gasteiger partial charge is 0.261 e. The zero-order chi connectivity index (χ0) is 22.1. The van der Waals surface area contributed by atoms with E-state index in [2.05, 4.69) is 30.3 Å². The van der Waals surface area contributed by atoms with Crippen molar-refractivity contribution in [2.75, 3.05) is 19.0 Å². The number of aryl methyl sites for hydroxylation is 1. The molecule has 0 saturated carbocycles. The number of nitrogens with zero attached hydrogens (tertiary/aromatic N) is 4. The molecule has 0 unspecified atom stereocenters. The lowest BCUT2D eigenvalue weighted by Crippen LogP contribution is -2.27. The third-order valence-corrected chi connectivity index (χ3v) is 5.45. The van der Waals surface area contributed by atoms with E-state index in [1.807, 2.05) is 42.7 Å². The molecule has 0 radical (unpaired) electrons. The fourth-order valence-electron chi connectivity index (χ4n) is 3.85. The first-order chi connectivity index (χ1) is 15.7. The SMILES string of the molecule is COc1nc(-c2ncn3c2CNCC3)ccc1NC(=O)c1c(-c2ccccc2)noc1C. The summed E-state index contributed by atoms with van der Waals surface area (Å²) in [5.74, 6) is 0.387. The molecule has 0 fully saturated rings. The minimum Gasteiger partial charge on any atom is -0.479 e. The van der Waals surface area contributed by atoms with Gasteiger partial charge in [-0.1, -0.05) is 35.5 Å². The van der Waals surface area contributed by atoms with Gasteiger partial charge in [0.2, 0.25) is 5.88 Å². The van der Waals surface area contributed by atoms with Crippen molar-refractivity contribution in [3.05, 3.63) is 65.8 Å². The van der Waals surface area contributed by atoms with Crippen LogP contribution in [0.4, 0.5) is 5.69 Å². The topological polar surface area (TPSA) is 107 Å². The van der Waals surface area contributed by atoms with E-state index < -0.39 is 0 Å². The number of imidazole rings is 1. The molecule has 0 bridgehead atoms. The lowest BCUT2D eigenvalue weighted by atomic mass is 10.1. The first kappa shape index (κ1) is 20.0. The quantitative estimate of drug-likeness (QED) is 0.500. The highest BCUT2D eigenvalue weighted by molar-refractivity contribution is 6.09. The number of fused-ring (bicyclic) bond motifs is 1. The zero-order valence-corrected chi connectivity index (χ0v) is 17.8. The number of hydrogen-bond donors (Lipinski definition) is 2. The number of aromatic nitrogens is 4. The number of amides is 1. The van der Waals surface area contributed by atoms with Gasteiger partial charge in [0.25, 0.3) is 5.91 Å². The molecule has 1 aliphatic heterocycles. The van der Waals surface area contributed by atoms with Gasteiger partial charge in [-0.25, -0.2) is 9.97 Å². The van der Waals surface area contributed by atoms with Crippen molar-refractivity contribution in [3.8, 4) is 28.5 Å². The predicted octanol–water partition coefficient (Wildman–Crippen LogP) is 3.27. The van der Waals surface area contributed by atoms with Crippen LogP contribution in [0, 0.1) is 6.92 Å². The van der Waals surface area contributed by atoms with Gasteiger partial charge in [-0.15, -0.1) is 0 Å². The number of carbonyl (C=O) groups excluding carboxylic acids is 1. The predicted molar refractivity (Wildman–Crippen MR) is 118 cm³/mol. The maximum atomic E-state index is 13.1. The molecule has 4 heterocycles. The van der Waals surface area contributed by atoms with E-state index in [9.17, 15) is 4.79 Å². The van der Waals surface area contributed by atoms with Crippen LogP contribution in [0.2, 0.25) is 0 Å². The van der Waals surface area contributed by atoms with Crippen LogP contribution in [0.25, 0.3) is 22.6 Å². The Morgan fingerprint density at radius 3 is 2.84 bits per heavy atom. The first-order valence-electron chi connectivity index (χ1n) is 10.3. The molecular formula is C23H22N6O3. The number of rotatable bonds is 5. The highest BCUT2D eigenvalue weighted by Crippen LogP contribution is 2.31. The number of anilines is 1. The van der Waals surface area contributed by atoms with Gasteiger partial charge in [-0.3, -0.25) is 4.79 Å². The third kappa shape index (κ3) is 3.52. The average Bonchev–Trinajstić information content (AvgIpc) is 3.43. The molecule has 32 heavy (non-hydrogen) atoms. The molecule has 162 valence electrons. The second kappa shape index (κ2) is 8.27. The number of nitrogens with one attached hydrogen (secondary N) is 2. The summed E-state index contributed by atoms with van der Waals surface area (Å²) in [4.78, 5) is 22.3. The van der Waals surface area contributed by atoms with E-state index in [0.29, 0.717) is 34.3 Å². The molecule has 3 aromatic heterocycles. The van der Waals surface area contributed by atoms with E-state index in [1.165, 1.54) is 7.11 Å². The Morgan fingerprint density at radius 2 is 2.03 bits per heavy atom. The van der Waals surface area contributed by atoms with Gasteiger partial charge in [-0.2, -0.15) is 0 Å². The molecule has 0 atom stereocenters. The van der Waals surface area contributed by atoms with Crippen LogP contribution >= 0.6 is 0 Å². The molecule has 0 saturated heterocycles. The van der Waals surface area contributed by atoms with Gasteiger partial charge in [0.15, 0.2) is 0 Å². The molecule has 9 heteroatoms. The fraction of sp³-hybridized carbons (Fsp3) is 0.217. The normalized spacial score (nSPS) is 12.9. The number of pyridine rings is 1. The Hall–Kier alpha value is -3.98. The Bertz CT molecular complexity index is 1280. The minimum atomic E-state index is -0.348. The van der Waals surface area contributed by atoms with Crippen molar-refractivity contribution in [1.82, 2.24) is 25.0 Å². The van der Waals surface area contributed by atoms with Gasteiger partial charge in [-0.05, 0) is 19.1 Å². The van der Waals surface area contributed by atoms with E-state index in [1.54, 1.807) is 13.0 Å². The molecule has 1 aliphatic rings. The fourth-order valence-corrected chi connectivity index (χ4v) is 3.85. The lowest BCUT2D eigenvalue weighted by Gasteiger charge is -2.17. The molecule has 0 spiro atoms. The largest absolute Gasteiger partial charge is 0.479 e. The maximum absolute atomic E-state index is 13.1. The van der Waals surface area contributed by atoms with Crippen molar-refractivity contribution in [2.24, 2.45) is 0 Å². The number of ether oxygens (including phenoxy) is 1. The van der Waals surface area contributed by atoms with Crippen molar-refractivity contribution in [2.45, 2.75) is 20.0 Å². The highest BCUT2D eigenvalue weighted by atomic mass is 16.5. The Kier molecular flexibility index (Phi) is 5.16. The number of methoxy groups -OCH3 is 1. The van der Waals surface area contributed by atoms with Crippen molar-refractivity contribution < 1.29 is 14.1 Å². The van der Waals surface area contributed by atoms with Crippen LogP contribution in [-0.2, 0) is 13.1 Å². The summed E-state index contributed by atoms with van der Waals surface area (Å²) in [7, 11) is 1.52. The number of hydrogen-bond acceptors (Lipinski definition) is 7. The summed E-state index contributed by atoms with van der Waals surface area (Å²) in [6, 6.07) is 13.0. The van der Waals surface area contributed by atoms with Crippen LogP contribution in [0.15, 0.2) is 53.3 Å². The third-order valence-electron chi connectivity index (χ3n) is 5.45. The van der Waals surface area contributed by atoms with Gasteiger partial charge < -0.3 is 24.5 Å². The first-order valence-corrected chi connectivity index (χ1v) is 10.3. The van der Waals surface area contributed by atoms with Crippen LogP contribution in [0.1, 0.15) is 21.8 Å². The monoisotopic (exact) mass is 430 g/mol. The molecular weight excluding hydrogens is 408 g/mol. The summed E-state index contributed by atoms with van der Waals surface area (Å²) in [6.07, 6.45) is 1.83. The highest BCUT2D eigenvalue weighted by Gasteiger charge is 2.24. The lowest BCUT2D eigenvalue weighted by molar-refractivity contribution is 0.102. The Morgan fingerprint density at radius 1 is 1.19 bits per heavy atom. The van der Waals surface area contributed by atoms with E-state index in [4.69, 9.17) is 9.26 Å². The second-order valence-corrected chi connectivity index (χ2v) is 7.45. The average molecular weight is 430 g/mol. The summed E-state index contributed by atoms with van der Waals surface area (Å²) in [6.45, 7) is 4.23. The van der Waals surface area contributed by atoms with Gasteiger partial charge in [0.05, 0.1) is 24.8 Å². The Labute approximate surface area is 184 Å². The van der Waals surface area contributed by atoms with Crippen LogP contribution in [-0.4, -0.2) is 39.3 Å². The van der Waals surface area contributed by atoms with E-state index in [-0.39, 0.29) is 5.91 Å². The standard InChI is InChI=1S/C23H22N6O3/c1-14-19(20(28-32-14)15-6-4-3-5-7-15)22(30)26-17-9-8-16(27-23(17)31-2)21-18-12-24-10-11-29(18)13-25-21/h3-9,13,24H,10-12H2,1-2H3,(H,26,30). The van der Waals surface area contributed by atoms with Crippen molar-refractivity contribution >= 4 is 11.6 Å². The molecule has 1 amide bonds. The summed E-state index contributed by atoms with van der Waals surface area (Å²) >= 11 is 0. The zero-order valence-electron chi connectivity index (χ0n) is 17.8. The van der Waals surface area contributed by atoms with Crippen LogP contribution in [0.3, 0.4) is 0 Å². The van der Waals surface area contributed by atoms with E-state index >= 15 is 0 Å². The molecule has 2 N–H and O–H groups in total. The van der Waals surface area contributed by atoms with Crippen LogP contribution < -0.4 is 15.4 Å². The van der Waals surface area contributed by atoms with Crippen molar-refractivity contribution in [1.29, 1.82) is 0 Å². The summed E-state index contributed by atoms with van der Waals surface area (Å²) in [5.41, 5.74) is 4.67. The minimum absolute atomic E-state index is 0.303.